The number of likely N-dealkylation sites (N-methyl/N-ethyl adjacent to an activating group) is 1. The van der Waals surface area contributed by atoms with E-state index in [1.165, 1.54) is 16.7 Å². The first-order chi connectivity index (χ1) is 8.29. The van der Waals surface area contributed by atoms with Gasteiger partial charge in [0.25, 0.3) is 0 Å². The molecule has 0 aromatic carbocycles. The van der Waals surface area contributed by atoms with Crippen LogP contribution in [0.3, 0.4) is 0 Å². The number of pyridine rings is 1. The van der Waals surface area contributed by atoms with E-state index in [-0.39, 0.29) is 0 Å². The molecule has 0 saturated heterocycles. The van der Waals surface area contributed by atoms with Crippen molar-refractivity contribution in [3.63, 3.8) is 0 Å². The summed E-state index contributed by atoms with van der Waals surface area (Å²) in [7, 11) is 0. The molecule has 0 aliphatic heterocycles. The summed E-state index contributed by atoms with van der Waals surface area (Å²) < 4.78 is 0. The van der Waals surface area contributed by atoms with Crippen LogP contribution < -0.4 is 5.32 Å². The van der Waals surface area contributed by atoms with Gasteiger partial charge in [0.05, 0.1) is 0 Å². The van der Waals surface area contributed by atoms with Crippen molar-refractivity contribution in [2.45, 2.75) is 26.3 Å². The summed E-state index contributed by atoms with van der Waals surface area (Å²) in [6.07, 6.45) is 4.90. The quantitative estimate of drug-likeness (QED) is 0.875. The Balaban J connectivity index is 2.16. The molecule has 2 rings (SSSR count). The molecule has 1 unspecified atom stereocenters. The van der Waals surface area contributed by atoms with Gasteiger partial charge in [-0.1, -0.05) is 13.0 Å². The fourth-order valence-corrected chi connectivity index (χ4v) is 2.65. The van der Waals surface area contributed by atoms with Crippen molar-refractivity contribution in [2.24, 2.45) is 0 Å². The van der Waals surface area contributed by atoms with Gasteiger partial charge >= 0.3 is 0 Å². The SMILES string of the molecule is CCNC(Cc1ccsc1)c1cncc(C)c1. The van der Waals surface area contributed by atoms with Crippen LogP contribution in [0.2, 0.25) is 0 Å². The number of thiophene rings is 1. The molecule has 17 heavy (non-hydrogen) atoms. The third-order valence-corrected chi connectivity index (χ3v) is 3.50. The Morgan fingerprint density at radius 1 is 1.41 bits per heavy atom. The monoisotopic (exact) mass is 246 g/mol. The maximum absolute atomic E-state index is 4.28. The number of rotatable bonds is 5. The van der Waals surface area contributed by atoms with Crippen LogP contribution in [0.15, 0.2) is 35.3 Å². The molecule has 2 aromatic heterocycles. The van der Waals surface area contributed by atoms with Crippen LogP contribution in [0.25, 0.3) is 0 Å². The summed E-state index contributed by atoms with van der Waals surface area (Å²) in [5.74, 6) is 0. The summed E-state index contributed by atoms with van der Waals surface area (Å²) in [5.41, 5.74) is 3.89. The molecule has 0 aliphatic carbocycles. The summed E-state index contributed by atoms with van der Waals surface area (Å²) in [6.45, 7) is 5.21. The van der Waals surface area contributed by atoms with Crippen LogP contribution in [0.5, 0.6) is 0 Å². The molecule has 2 heterocycles. The highest BCUT2D eigenvalue weighted by atomic mass is 32.1. The van der Waals surface area contributed by atoms with E-state index in [1.54, 1.807) is 11.3 Å². The van der Waals surface area contributed by atoms with Gasteiger partial charge in [0.2, 0.25) is 0 Å². The van der Waals surface area contributed by atoms with Crippen LogP contribution >= 0.6 is 11.3 Å². The average Bonchev–Trinajstić information content (AvgIpc) is 2.81. The lowest BCUT2D eigenvalue weighted by Gasteiger charge is -2.17. The van der Waals surface area contributed by atoms with Gasteiger partial charge in [-0.25, -0.2) is 0 Å². The molecular formula is C14H18N2S. The molecule has 90 valence electrons. The topological polar surface area (TPSA) is 24.9 Å². The standard InChI is InChI=1S/C14H18N2S/c1-3-16-14(7-12-4-5-17-10-12)13-6-11(2)8-15-9-13/h4-6,8-10,14,16H,3,7H2,1-2H3. The lowest BCUT2D eigenvalue weighted by molar-refractivity contribution is 0.548. The zero-order chi connectivity index (χ0) is 12.1. The van der Waals surface area contributed by atoms with E-state index in [2.05, 4.69) is 47.0 Å². The zero-order valence-corrected chi connectivity index (χ0v) is 11.1. The van der Waals surface area contributed by atoms with Crippen LogP contribution in [0, 0.1) is 6.92 Å². The van der Waals surface area contributed by atoms with E-state index in [9.17, 15) is 0 Å². The number of nitrogens with one attached hydrogen (secondary N) is 1. The predicted octanol–water partition coefficient (Wildman–Crippen LogP) is 3.34. The lowest BCUT2D eigenvalue weighted by Crippen LogP contribution is -2.23. The van der Waals surface area contributed by atoms with Crippen molar-refractivity contribution >= 4 is 11.3 Å². The van der Waals surface area contributed by atoms with Gasteiger partial charge in [-0.05, 0) is 53.4 Å². The Labute approximate surface area is 107 Å². The number of hydrogen-bond donors (Lipinski definition) is 1. The number of nitrogens with zero attached hydrogens (tertiary/aromatic N) is 1. The molecule has 2 nitrogen and oxygen atoms in total. The second kappa shape index (κ2) is 5.94. The number of hydrogen-bond acceptors (Lipinski definition) is 3. The van der Waals surface area contributed by atoms with E-state index in [0.717, 1.165) is 13.0 Å². The third-order valence-electron chi connectivity index (χ3n) is 2.77. The van der Waals surface area contributed by atoms with Crippen molar-refractivity contribution in [1.29, 1.82) is 0 Å². The molecule has 1 atom stereocenters. The van der Waals surface area contributed by atoms with Crippen LogP contribution in [-0.2, 0) is 6.42 Å². The van der Waals surface area contributed by atoms with Crippen molar-refractivity contribution in [3.8, 4) is 0 Å². The van der Waals surface area contributed by atoms with Crippen molar-refractivity contribution in [2.75, 3.05) is 6.54 Å². The average molecular weight is 246 g/mol. The first-order valence-corrected chi connectivity index (χ1v) is 6.90. The van der Waals surface area contributed by atoms with E-state index in [0.29, 0.717) is 6.04 Å². The van der Waals surface area contributed by atoms with Crippen LogP contribution in [0.1, 0.15) is 29.7 Å². The third kappa shape index (κ3) is 3.38. The molecule has 2 aromatic rings. The maximum Gasteiger partial charge on any atom is 0.0376 e. The lowest BCUT2D eigenvalue weighted by atomic mass is 10.0. The molecule has 0 amide bonds. The molecule has 0 saturated carbocycles. The highest BCUT2D eigenvalue weighted by molar-refractivity contribution is 7.07. The Kier molecular flexibility index (Phi) is 4.29. The molecule has 0 spiro atoms. The van der Waals surface area contributed by atoms with Gasteiger partial charge in [0.1, 0.15) is 0 Å². The second-order valence-electron chi connectivity index (χ2n) is 4.24. The summed E-state index contributed by atoms with van der Waals surface area (Å²) in [5, 5.41) is 7.88. The van der Waals surface area contributed by atoms with Gasteiger partial charge in [-0.15, -0.1) is 0 Å². The first kappa shape index (κ1) is 12.3. The molecule has 0 radical (unpaired) electrons. The molecule has 0 fully saturated rings. The predicted molar refractivity (Wildman–Crippen MR) is 73.4 cm³/mol. The first-order valence-electron chi connectivity index (χ1n) is 5.95. The van der Waals surface area contributed by atoms with Crippen molar-refractivity contribution < 1.29 is 0 Å². The van der Waals surface area contributed by atoms with E-state index in [4.69, 9.17) is 0 Å². The van der Waals surface area contributed by atoms with E-state index >= 15 is 0 Å². The Hall–Kier alpha value is -1.19. The molecule has 1 N–H and O–H groups in total. The summed E-state index contributed by atoms with van der Waals surface area (Å²) in [4.78, 5) is 4.28. The van der Waals surface area contributed by atoms with Gasteiger partial charge in [-0.3, -0.25) is 4.98 Å². The maximum atomic E-state index is 4.28. The smallest absolute Gasteiger partial charge is 0.0376 e. The Morgan fingerprint density at radius 3 is 2.94 bits per heavy atom. The van der Waals surface area contributed by atoms with Gasteiger partial charge in [-0.2, -0.15) is 11.3 Å². The minimum Gasteiger partial charge on any atom is -0.310 e. The summed E-state index contributed by atoms with van der Waals surface area (Å²) in [6, 6.07) is 4.77. The minimum absolute atomic E-state index is 0.363. The largest absolute Gasteiger partial charge is 0.310 e. The fourth-order valence-electron chi connectivity index (χ4n) is 1.97. The minimum atomic E-state index is 0.363. The fraction of sp³-hybridized carbons (Fsp3) is 0.357. The number of aromatic nitrogens is 1. The van der Waals surface area contributed by atoms with Gasteiger partial charge in [0, 0.05) is 18.4 Å². The normalized spacial score (nSPS) is 12.6. The van der Waals surface area contributed by atoms with E-state index < -0.39 is 0 Å². The number of aryl methyl sites for hydroxylation is 1. The molecular weight excluding hydrogens is 228 g/mol. The van der Waals surface area contributed by atoms with Crippen molar-refractivity contribution in [3.05, 3.63) is 52.0 Å². The molecule has 0 bridgehead atoms. The van der Waals surface area contributed by atoms with Gasteiger partial charge in [0.15, 0.2) is 0 Å². The zero-order valence-electron chi connectivity index (χ0n) is 10.3. The highest BCUT2D eigenvalue weighted by Crippen LogP contribution is 2.20. The van der Waals surface area contributed by atoms with Crippen LogP contribution in [-0.4, -0.2) is 11.5 Å². The van der Waals surface area contributed by atoms with Crippen molar-refractivity contribution in [1.82, 2.24) is 10.3 Å². The molecule has 3 heteroatoms. The second-order valence-corrected chi connectivity index (χ2v) is 5.02. The Morgan fingerprint density at radius 2 is 2.29 bits per heavy atom. The van der Waals surface area contributed by atoms with Gasteiger partial charge < -0.3 is 5.32 Å². The van der Waals surface area contributed by atoms with Crippen LogP contribution in [0.4, 0.5) is 0 Å². The van der Waals surface area contributed by atoms with E-state index in [1.807, 2.05) is 12.4 Å². The highest BCUT2D eigenvalue weighted by Gasteiger charge is 2.11. The summed E-state index contributed by atoms with van der Waals surface area (Å²) >= 11 is 1.75. The molecule has 0 aliphatic rings. The Bertz CT molecular complexity index is 451.